The minimum atomic E-state index is -0.755. The second kappa shape index (κ2) is 7.92. The van der Waals surface area contributed by atoms with Crippen LogP contribution >= 0.6 is 0 Å². The first-order chi connectivity index (χ1) is 13.3. The summed E-state index contributed by atoms with van der Waals surface area (Å²) in [4.78, 5) is 26.4. The smallest absolute Gasteiger partial charge is 0.265 e. The first-order valence-electron chi connectivity index (χ1n) is 9.30. The molecule has 1 aliphatic heterocycles. The van der Waals surface area contributed by atoms with Crippen LogP contribution in [-0.4, -0.2) is 38.1 Å². The van der Waals surface area contributed by atoms with Crippen LogP contribution in [0.5, 0.6) is 11.5 Å². The Hall–Kier alpha value is -3.02. The molecule has 0 aromatic heterocycles. The highest BCUT2D eigenvalue weighted by atomic mass is 16.5. The van der Waals surface area contributed by atoms with E-state index < -0.39 is 6.10 Å². The lowest BCUT2D eigenvalue weighted by Crippen LogP contribution is -2.51. The number of anilines is 1. The van der Waals surface area contributed by atoms with Gasteiger partial charge in [-0.1, -0.05) is 45.0 Å². The molecule has 28 heavy (non-hydrogen) atoms. The molecule has 2 amide bonds. The largest absolute Gasteiger partial charge is 0.484 e. The molecule has 1 heterocycles. The Kier molecular flexibility index (Phi) is 5.58. The average molecular weight is 382 g/mol. The number of fused-ring (bicyclic) bond motifs is 1. The minimum Gasteiger partial charge on any atom is -0.484 e. The summed E-state index contributed by atoms with van der Waals surface area (Å²) >= 11 is 0. The van der Waals surface area contributed by atoms with E-state index in [-0.39, 0.29) is 30.4 Å². The Morgan fingerprint density at radius 3 is 2.46 bits per heavy atom. The summed E-state index contributed by atoms with van der Waals surface area (Å²) in [5.74, 6) is 0.631. The molecule has 1 atom stereocenters. The monoisotopic (exact) mass is 382 g/mol. The predicted molar refractivity (Wildman–Crippen MR) is 108 cm³/mol. The van der Waals surface area contributed by atoms with Crippen molar-refractivity contribution in [1.82, 2.24) is 5.32 Å². The predicted octanol–water partition coefficient (Wildman–Crippen LogP) is 2.90. The standard InChI is InChI=1S/C22H26N2O4/c1-22(2,3)15-9-11-16(12-10-15)27-14-20(25)24-13-19(21(26)23-4)28-18-8-6-5-7-17(18)24/h5-12,19H,13-14H2,1-4H3,(H,23,26)/t19-/m0/s1. The summed E-state index contributed by atoms with van der Waals surface area (Å²) in [6, 6.07) is 14.9. The zero-order valence-electron chi connectivity index (χ0n) is 16.7. The molecule has 3 rings (SSSR count). The lowest BCUT2D eigenvalue weighted by molar-refractivity contribution is -0.128. The first-order valence-corrected chi connectivity index (χ1v) is 9.30. The van der Waals surface area contributed by atoms with Gasteiger partial charge in [0.1, 0.15) is 11.5 Å². The number of nitrogens with one attached hydrogen (secondary N) is 1. The van der Waals surface area contributed by atoms with E-state index in [2.05, 4.69) is 26.1 Å². The van der Waals surface area contributed by atoms with Gasteiger partial charge in [0.15, 0.2) is 12.7 Å². The molecule has 148 valence electrons. The second-order valence-electron chi connectivity index (χ2n) is 7.76. The van der Waals surface area contributed by atoms with Crippen LogP contribution in [-0.2, 0) is 15.0 Å². The van der Waals surface area contributed by atoms with Gasteiger partial charge in [0, 0.05) is 7.05 Å². The van der Waals surface area contributed by atoms with E-state index in [1.54, 1.807) is 30.1 Å². The highest BCUT2D eigenvalue weighted by Crippen LogP contribution is 2.33. The zero-order valence-corrected chi connectivity index (χ0v) is 16.7. The van der Waals surface area contributed by atoms with E-state index >= 15 is 0 Å². The van der Waals surface area contributed by atoms with Gasteiger partial charge in [0.25, 0.3) is 11.8 Å². The van der Waals surface area contributed by atoms with E-state index in [0.717, 1.165) is 0 Å². The normalized spacial score (nSPS) is 16.0. The molecule has 0 saturated heterocycles. The van der Waals surface area contributed by atoms with Gasteiger partial charge in [-0.2, -0.15) is 0 Å². The quantitative estimate of drug-likeness (QED) is 0.883. The number of amides is 2. The fraction of sp³-hybridized carbons (Fsp3) is 0.364. The molecule has 0 fully saturated rings. The number of carbonyl (C=O) groups excluding carboxylic acids is 2. The average Bonchev–Trinajstić information content (AvgIpc) is 2.70. The van der Waals surface area contributed by atoms with Crippen molar-refractivity contribution in [2.24, 2.45) is 0 Å². The summed E-state index contributed by atoms with van der Waals surface area (Å²) in [7, 11) is 1.54. The summed E-state index contributed by atoms with van der Waals surface area (Å²) in [6.07, 6.45) is -0.755. The van der Waals surface area contributed by atoms with Crippen molar-refractivity contribution in [3.8, 4) is 11.5 Å². The van der Waals surface area contributed by atoms with Crippen molar-refractivity contribution < 1.29 is 19.1 Å². The van der Waals surface area contributed by atoms with Crippen LogP contribution < -0.4 is 19.7 Å². The number of hydrogen-bond donors (Lipinski definition) is 1. The van der Waals surface area contributed by atoms with E-state index in [1.165, 1.54) is 5.56 Å². The Bertz CT molecular complexity index is 856. The molecule has 0 saturated carbocycles. The molecule has 0 bridgehead atoms. The van der Waals surface area contributed by atoms with Gasteiger partial charge in [0.05, 0.1) is 12.2 Å². The van der Waals surface area contributed by atoms with Crippen molar-refractivity contribution >= 4 is 17.5 Å². The number of rotatable bonds is 4. The topological polar surface area (TPSA) is 67.9 Å². The lowest BCUT2D eigenvalue weighted by atomic mass is 9.87. The van der Waals surface area contributed by atoms with Crippen LogP contribution in [0.3, 0.4) is 0 Å². The van der Waals surface area contributed by atoms with E-state index in [1.807, 2.05) is 30.3 Å². The first kappa shape index (κ1) is 19.7. The number of likely N-dealkylation sites (N-methyl/N-ethyl adjacent to an activating group) is 1. The molecule has 2 aromatic rings. The zero-order chi connectivity index (χ0) is 20.3. The van der Waals surface area contributed by atoms with Crippen molar-refractivity contribution in [1.29, 1.82) is 0 Å². The van der Waals surface area contributed by atoms with Crippen LogP contribution in [0.25, 0.3) is 0 Å². The summed E-state index contributed by atoms with van der Waals surface area (Å²) < 4.78 is 11.4. The molecule has 0 aliphatic carbocycles. The van der Waals surface area contributed by atoms with Crippen LogP contribution in [0.15, 0.2) is 48.5 Å². The molecule has 6 heteroatoms. The van der Waals surface area contributed by atoms with Gasteiger partial charge in [0.2, 0.25) is 0 Å². The van der Waals surface area contributed by atoms with Gasteiger partial charge < -0.3 is 19.7 Å². The van der Waals surface area contributed by atoms with Crippen molar-refractivity contribution in [3.63, 3.8) is 0 Å². The van der Waals surface area contributed by atoms with Gasteiger partial charge in [-0.25, -0.2) is 0 Å². The highest BCUT2D eigenvalue weighted by molar-refractivity contribution is 5.98. The Labute approximate surface area is 165 Å². The van der Waals surface area contributed by atoms with Gasteiger partial charge >= 0.3 is 0 Å². The lowest BCUT2D eigenvalue weighted by Gasteiger charge is -2.33. The number of ether oxygens (including phenoxy) is 2. The maximum Gasteiger partial charge on any atom is 0.265 e. The molecule has 0 unspecified atom stereocenters. The summed E-state index contributed by atoms with van der Waals surface area (Å²) in [5, 5.41) is 2.57. The van der Waals surface area contributed by atoms with E-state index in [9.17, 15) is 9.59 Å². The number of carbonyl (C=O) groups is 2. The van der Waals surface area contributed by atoms with Crippen LogP contribution in [0.2, 0.25) is 0 Å². The molecule has 0 spiro atoms. The molecular formula is C22H26N2O4. The van der Waals surface area contributed by atoms with Crippen molar-refractivity contribution in [3.05, 3.63) is 54.1 Å². The van der Waals surface area contributed by atoms with Gasteiger partial charge in [-0.3, -0.25) is 9.59 Å². The van der Waals surface area contributed by atoms with E-state index in [0.29, 0.717) is 17.2 Å². The fourth-order valence-corrected chi connectivity index (χ4v) is 3.04. The van der Waals surface area contributed by atoms with Crippen LogP contribution in [0, 0.1) is 0 Å². The van der Waals surface area contributed by atoms with Crippen molar-refractivity contribution in [2.75, 3.05) is 25.1 Å². The number of hydrogen-bond acceptors (Lipinski definition) is 4. The molecular weight excluding hydrogens is 356 g/mol. The number of benzene rings is 2. The van der Waals surface area contributed by atoms with Crippen molar-refractivity contribution in [2.45, 2.75) is 32.3 Å². The second-order valence-corrected chi connectivity index (χ2v) is 7.76. The molecule has 1 N–H and O–H groups in total. The molecule has 1 aliphatic rings. The summed E-state index contributed by atoms with van der Waals surface area (Å²) in [6.45, 7) is 6.45. The molecule has 0 radical (unpaired) electrons. The van der Waals surface area contributed by atoms with Gasteiger partial charge in [-0.05, 0) is 35.2 Å². The fourth-order valence-electron chi connectivity index (χ4n) is 3.04. The van der Waals surface area contributed by atoms with Crippen LogP contribution in [0.1, 0.15) is 26.3 Å². The third kappa shape index (κ3) is 4.27. The van der Waals surface area contributed by atoms with E-state index in [4.69, 9.17) is 9.47 Å². The van der Waals surface area contributed by atoms with Gasteiger partial charge in [-0.15, -0.1) is 0 Å². The Morgan fingerprint density at radius 2 is 1.82 bits per heavy atom. The number of nitrogens with zero attached hydrogens (tertiary/aromatic N) is 1. The molecule has 2 aromatic carbocycles. The Morgan fingerprint density at radius 1 is 1.14 bits per heavy atom. The third-order valence-corrected chi connectivity index (χ3v) is 4.70. The van der Waals surface area contributed by atoms with Crippen LogP contribution in [0.4, 0.5) is 5.69 Å². The highest BCUT2D eigenvalue weighted by Gasteiger charge is 2.33. The SMILES string of the molecule is CNC(=O)[C@@H]1CN(C(=O)COc2ccc(C(C)(C)C)cc2)c2ccccc2O1. The summed E-state index contributed by atoms with van der Waals surface area (Å²) in [5.41, 5.74) is 1.89. The number of para-hydroxylation sites is 2. The third-order valence-electron chi connectivity index (χ3n) is 4.70. The minimum absolute atomic E-state index is 0.0563. The Balaban J connectivity index is 1.71. The maximum absolute atomic E-state index is 12.8. The molecule has 6 nitrogen and oxygen atoms in total. The maximum atomic E-state index is 12.8.